The molecule has 0 amide bonds. The second-order valence-electron chi connectivity index (χ2n) is 4.40. The highest BCUT2D eigenvalue weighted by molar-refractivity contribution is 5.67. The van der Waals surface area contributed by atoms with E-state index in [1.54, 1.807) is 30.3 Å². The number of nitrogens with zero attached hydrogens (tertiary/aromatic N) is 2. The number of nitrogens with one attached hydrogen (secondary N) is 1. The van der Waals surface area contributed by atoms with Gasteiger partial charge in [-0.05, 0) is 6.07 Å². The summed E-state index contributed by atoms with van der Waals surface area (Å²) in [6, 6.07) is 10.8. The van der Waals surface area contributed by atoms with Crippen LogP contribution in [0.1, 0.15) is 11.1 Å². The number of aliphatic hydroxyl groups is 1. The lowest BCUT2D eigenvalue weighted by molar-refractivity contribution is -0.137. The molecule has 0 aliphatic carbocycles. The third-order valence-corrected chi connectivity index (χ3v) is 2.91. The molecule has 4 nitrogen and oxygen atoms in total. The number of halogens is 3. The molecule has 0 atom stereocenters. The summed E-state index contributed by atoms with van der Waals surface area (Å²) in [6.07, 6.45) is -4.67. The summed E-state index contributed by atoms with van der Waals surface area (Å²) in [5, 5.41) is 20.4. The molecule has 0 spiro atoms. The number of anilines is 1. The maximum absolute atomic E-state index is 13.2. The Balaban J connectivity index is 2.65. The third-order valence-electron chi connectivity index (χ3n) is 2.91. The zero-order valence-electron chi connectivity index (χ0n) is 11.4. The van der Waals surface area contributed by atoms with Crippen molar-refractivity contribution in [3.05, 3.63) is 47.5 Å². The van der Waals surface area contributed by atoms with Crippen molar-refractivity contribution in [1.82, 2.24) is 4.98 Å². The van der Waals surface area contributed by atoms with Crippen LogP contribution < -0.4 is 5.32 Å². The summed E-state index contributed by atoms with van der Waals surface area (Å²) in [6.45, 7) is -0.291. The van der Waals surface area contributed by atoms with Gasteiger partial charge in [-0.2, -0.15) is 18.4 Å². The van der Waals surface area contributed by atoms with Gasteiger partial charge in [-0.1, -0.05) is 30.3 Å². The van der Waals surface area contributed by atoms with Crippen LogP contribution in [0.2, 0.25) is 0 Å². The first-order valence-corrected chi connectivity index (χ1v) is 6.40. The molecule has 2 aromatic rings. The van der Waals surface area contributed by atoms with E-state index >= 15 is 0 Å². The van der Waals surface area contributed by atoms with E-state index in [4.69, 9.17) is 10.4 Å². The number of aliphatic hydroxyl groups excluding tert-OH is 1. The predicted molar refractivity (Wildman–Crippen MR) is 75.0 cm³/mol. The molecule has 22 heavy (non-hydrogen) atoms. The largest absolute Gasteiger partial charge is 0.417 e. The average molecular weight is 307 g/mol. The number of aromatic nitrogens is 1. The highest BCUT2D eigenvalue weighted by Gasteiger charge is 2.36. The average Bonchev–Trinajstić information content (AvgIpc) is 2.51. The van der Waals surface area contributed by atoms with Crippen LogP contribution in [-0.2, 0) is 6.18 Å². The zero-order chi connectivity index (χ0) is 16.2. The summed E-state index contributed by atoms with van der Waals surface area (Å²) in [5.41, 5.74) is -1.03. The molecule has 1 heterocycles. The fourth-order valence-electron chi connectivity index (χ4n) is 1.94. The normalized spacial score (nSPS) is 11.0. The number of hydrogen-bond donors (Lipinski definition) is 2. The molecular formula is C15H12F3N3O. The molecule has 0 saturated heterocycles. The molecule has 1 aromatic heterocycles. The van der Waals surface area contributed by atoms with Crippen molar-refractivity contribution >= 4 is 5.82 Å². The van der Waals surface area contributed by atoms with E-state index in [9.17, 15) is 13.2 Å². The summed E-state index contributed by atoms with van der Waals surface area (Å²) in [4.78, 5) is 4.08. The molecule has 0 aliphatic rings. The maximum atomic E-state index is 13.2. The van der Waals surface area contributed by atoms with Crippen LogP contribution in [0.5, 0.6) is 0 Å². The summed E-state index contributed by atoms with van der Waals surface area (Å²) in [5.74, 6) is -0.190. The van der Waals surface area contributed by atoms with Crippen molar-refractivity contribution in [2.75, 3.05) is 18.5 Å². The van der Waals surface area contributed by atoms with Gasteiger partial charge in [-0.3, -0.25) is 0 Å². The van der Waals surface area contributed by atoms with E-state index in [1.807, 2.05) is 0 Å². The lowest BCUT2D eigenvalue weighted by atomic mass is 10.0. The van der Waals surface area contributed by atoms with Crippen molar-refractivity contribution < 1.29 is 18.3 Å². The van der Waals surface area contributed by atoms with Crippen LogP contribution in [-0.4, -0.2) is 23.2 Å². The zero-order valence-corrected chi connectivity index (χ0v) is 11.4. The van der Waals surface area contributed by atoms with E-state index in [1.165, 1.54) is 6.07 Å². The first kappa shape index (κ1) is 15.8. The van der Waals surface area contributed by atoms with Crippen LogP contribution in [0, 0.1) is 11.3 Å². The number of nitriles is 1. The smallest absolute Gasteiger partial charge is 0.395 e. The number of hydrogen-bond acceptors (Lipinski definition) is 4. The minimum Gasteiger partial charge on any atom is -0.395 e. The first-order valence-electron chi connectivity index (χ1n) is 6.40. The Morgan fingerprint density at radius 2 is 1.91 bits per heavy atom. The van der Waals surface area contributed by atoms with E-state index in [2.05, 4.69) is 10.3 Å². The molecular weight excluding hydrogens is 295 g/mol. The Morgan fingerprint density at radius 1 is 1.23 bits per heavy atom. The Hall–Kier alpha value is -2.59. The molecule has 7 heteroatoms. The Morgan fingerprint density at radius 3 is 2.45 bits per heavy atom. The monoisotopic (exact) mass is 307 g/mol. The van der Waals surface area contributed by atoms with E-state index < -0.39 is 17.3 Å². The number of alkyl halides is 3. The van der Waals surface area contributed by atoms with Crippen LogP contribution in [0.15, 0.2) is 36.4 Å². The minimum absolute atomic E-state index is 0.00276. The van der Waals surface area contributed by atoms with Gasteiger partial charge in [-0.25, -0.2) is 4.98 Å². The molecule has 0 fully saturated rings. The second kappa shape index (κ2) is 6.45. The topological polar surface area (TPSA) is 68.9 Å². The molecule has 0 saturated carbocycles. The highest BCUT2D eigenvalue weighted by atomic mass is 19.4. The van der Waals surface area contributed by atoms with Crippen LogP contribution in [0.25, 0.3) is 11.3 Å². The minimum atomic E-state index is -4.67. The van der Waals surface area contributed by atoms with Crippen LogP contribution in [0.4, 0.5) is 19.0 Å². The van der Waals surface area contributed by atoms with Crippen LogP contribution in [0.3, 0.4) is 0 Å². The van der Waals surface area contributed by atoms with Crippen molar-refractivity contribution in [2.45, 2.75) is 6.18 Å². The SMILES string of the molecule is N#Cc1c(C(F)(F)F)cc(-c2ccccc2)nc1NCCO. The molecule has 0 bridgehead atoms. The van der Waals surface area contributed by atoms with Gasteiger partial charge >= 0.3 is 6.18 Å². The molecule has 114 valence electrons. The van der Waals surface area contributed by atoms with Gasteiger partial charge in [-0.15, -0.1) is 0 Å². The number of benzene rings is 1. The molecule has 2 N–H and O–H groups in total. The maximum Gasteiger partial charge on any atom is 0.417 e. The molecule has 0 radical (unpaired) electrons. The summed E-state index contributed by atoms with van der Waals surface area (Å²) < 4.78 is 39.5. The highest BCUT2D eigenvalue weighted by Crippen LogP contribution is 2.36. The summed E-state index contributed by atoms with van der Waals surface area (Å²) in [7, 11) is 0. The van der Waals surface area contributed by atoms with Gasteiger partial charge in [0, 0.05) is 12.1 Å². The number of rotatable bonds is 4. The van der Waals surface area contributed by atoms with Gasteiger partial charge in [0.05, 0.1) is 17.9 Å². The Bertz CT molecular complexity index is 694. The lowest BCUT2D eigenvalue weighted by Crippen LogP contribution is -2.14. The third kappa shape index (κ3) is 3.35. The number of pyridine rings is 1. The van der Waals surface area contributed by atoms with Gasteiger partial charge in [0.2, 0.25) is 0 Å². The second-order valence-corrected chi connectivity index (χ2v) is 4.40. The van der Waals surface area contributed by atoms with Crippen molar-refractivity contribution in [3.63, 3.8) is 0 Å². The molecule has 2 rings (SSSR count). The van der Waals surface area contributed by atoms with Crippen LogP contribution >= 0.6 is 0 Å². The van der Waals surface area contributed by atoms with E-state index in [0.717, 1.165) is 6.07 Å². The van der Waals surface area contributed by atoms with Crippen molar-refractivity contribution in [1.29, 1.82) is 5.26 Å². The van der Waals surface area contributed by atoms with Gasteiger partial charge < -0.3 is 10.4 Å². The fraction of sp³-hybridized carbons (Fsp3) is 0.200. The fourth-order valence-corrected chi connectivity index (χ4v) is 1.94. The quantitative estimate of drug-likeness (QED) is 0.911. The Kier molecular flexibility index (Phi) is 4.63. The van der Waals surface area contributed by atoms with E-state index in [-0.39, 0.29) is 24.7 Å². The van der Waals surface area contributed by atoms with Crippen molar-refractivity contribution in [3.8, 4) is 17.3 Å². The molecule has 1 aromatic carbocycles. The lowest BCUT2D eigenvalue weighted by Gasteiger charge is -2.15. The van der Waals surface area contributed by atoms with Gasteiger partial charge in [0.1, 0.15) is 17.5 Å². The van der Waals surface area contributed by atoms with Crippen molar-refractivity contribution in [2.24, 2.45) is 0 Å². The first-order chi connectivity index (χ1) is 10.5. The molecule has 0 aliphatic heterocycles. The van der Waals surface area contributed by atoms with Gasteiger partial charge in [0.15, 0.2) is 0 Å². The standard InChI is InChI=1S/C15H12F3N3O/c16-15(17,18)12-8-13(10-4-2-1-3-5-10)21-14(11(12)9-19)20-6-7-22/h1-5,8,22H,6-7H2,(H,20,21). The van der Waals surface area contributed by atoms with E-state index in [0.29, 0.717) is 5.56 Å². The predicted octanol–water partition coefficient (Wildman–Crippen LogP) is 3.04. The Labute approximate surface area is 124 Å². The summed E-state index contributed by atoms with van der Waals surface area (Å²) >= 11 is 0. The van der Waals surface area contributed by atoms with Gasteiger partial charge in [0.25, 0.3) is 0 Å². The molecule has 0 unspecified atom stereocenters.